The lowest BCUT2D eigenvalue weighted by Crippen LogP contribution is -2.41. The van der Waals surface area contributed by atoms with E-state index in [-0.39, 0.29) is 6.10 Å². The van der Waals surface area contributed by atoms with Gasteiger partial charge in [0.2, 0.25) is 10.0 Å². The van der Waals surface area contributed by atoms with Crippen LogP contribution in [-0.2, 0) is 10.0 Å². The molecule has 6 nitrogen and oxygen atoms in total. The topological polar surface area (TPSA) is 62.7 Å². The molecule has 7 heteroatoms. The van der Waals surface area contributed by atoms with Gasteiger partial charge in [-0.1, -0.05) is 12.1 Å². The van der Waals surface area contributed by atoms with E-state index in [1.807, 2.05) is 55.5 Å². The molecule has 1 aromatic heterocycles. The van der Waals surface area contributed by atoms with E-state index >= 15 is 0 Å². The Labute approximate surface area is 155 Å². The van der Waals surface area contributed by atoms with E-state index < -0.39 is 10.0 Å². The maximum atomic E-state index is 11.6. The molecule has 0 saturated carbocycles. The average Bonchev–Trinajstić information content (AvgIpc) is 2.62. The van der Waals surface area contributed by atoms with E-state index in [1.54, 1.807) is 0 Å². The number of rotatable bonds is 5. The van der Waals surface area contributed by atoms with Gasteiger partial charge in [-0.3, -0.25) is 0 Å². The Kier molecular flexibility index (Phi) is 5.48. The van der Waals surface area contributed by atoms with Crippen LogP contribution in [0.25, 0.3) is 11.1 Å². The first kappa shape index (κ1) is 18.7. The fourth-order valence-corrected chi connectivity index (χ4v) is 3.90. The summed E-state index contributed by atoms with van der Waals surface area (Å²) in [5, 5.41) is 0. The molecule has 2 heterocycles. The molecule has 0 atom stereocenters. The second kappa shape index (κ2) is 7.63. The van der Waals surface area contributed by atoms with E-state index in [0.717, 1.165) is 22.7 Å². The highest BCUT2D eigenvalue weighted by Crippen LogP contribution is 2.25. The summed E-state index contributed by atoms with van der Waals surface area (Å²) in [6, 6.07) is 12.0. The first-order valence-electron chi connectivity index (χ1n) is 8.68. The molecule has 0 spiro atoms. The van der Waals surface area contributed by atoms with Crippen LogP contribution in [0.1, 0.15) is 12.8 Å². The molecule has 1 aliphatic rings. The molecular formula is C19H25N3O3S. The molecular weight excluding hydrogens is 350 g/mol. The summed E-state index contributed by atoms with van der Waals surface area (Å²) in [7, 11) is 0.835. The molecule has 26 heavy (non-hydrogen) atoms. The highest BCUT2D eigenvalue weighted by Gasteiger charge is 2.25. The predicted molar refractivity (Wildman–Crippen MR) is 104 cm³/mol. The Morgan fingerprint density at radius 2 is 1.65 bits per heavy atom. The number of nitrogens with zero attached hydrogens (tertiary/aromatic N) is 3. The summed E-state index contributed by atoms with van der Waals surface area (Å²) in [5.74, 6) is 1.73. The number of sulfonamides is 1. The van der Waals surface area contributed by atoms with E-state index in [4.69, 9.17) is 4.74 Å². The van der Waals surface area contributed by atoms with Crippen molar-refractivity contribution in [3.05, 3.63) is 42.6 Å². The lowest BCUT2D eigenvalue weighted by atomic mass is 10.1. The van der Waals surface area contributed by atoms with Crippen LogP contribution in [0.5, 0.6) is 5.75 Å². The fourth-order valence-electron chi connectivity index (χ4n) is 3.02. The van der Waals surface area contributed by atoms with Crippen LogP contribution in [0.2, 0.25) is 0 Å². The number of piperidine rings is 1. The van der Waals surface area contributed by atoms with Crippen molar-refractivity contribution >= 4 is 15.8 Å². The highest BCUT2D eigenvalue weighted by molar-refractivity contribution is 7.88. The Bertz CT molecular complexity index is 825. The summed E-state index contributed by atoms with van der Waals surface area (Å²) in [4.78, 5) is 6.41. The zero-order valence-electron chi connectivity index (χ0n) is 15.4. The summed E-state index contributed by atoms with van der Waals surface area (Å²) >= 11 is 0. The summed E-state index contributed by atoms with van der Waals surface area (Å²) in [6.45, 7) is 1.04. The number of hydrogen-bond acceptors (Lipinski definition) is 5. The van der Waals surface area contributed by atoms with Crippen molar-refractivity contribution in [2.45, 2.75) is 18.9 Å². The number of pyridine rings is 1. The second-order valence-corrected chi connectivity index (χ2v) is 8.79. The Balaban J connectivity index is 1.60. The lowest BCUT2D eigenvalue weighted by Gasteiger charge is -2.30. The largest absolute Gasteiger partial charge is 0.490 e. The molecule has 0 radical (unpaired) electrons. The van der Waals surface area contributed by atoms with Crippen LogP contribution in [0.15, 0.2) is 42.6 Å². The van der Waals surface area contributed by atoms with E-state index in [1.165, 1.54) is 10.6 Å². The molecule has 0 bridgehead atoms. The minimum atomic E-state index is -3.10. The lowest BCUT2D eigenvalue weighted by molar-refractivity contribution is 0.135. The molecule has 2 aromatic rings. The van der Waals surface area contributed by atoms with Crippen molar-refractivity contribution in [1.82, 2.24) is 9.29 Å². The number of ether oxygens (including phenoxy) is 1. The molecule has 0 amide bonds. The molecule has 1 aliphatic heterocycles. The van der Waals surface area contributed by atoms with Gasteiger partial charge in [0.05, 0.1) is 6.26 Å². The molecule has 1 aromatic carbocycles. The third-order valence-electron chi connectivity index (χ3n) is 4.57. The van der Waals surface area contributed by atoms with Gasteiger partial charge in [-0.15, -0.1) is 0 Å². The van der Waals surface area contributed by atoms with Gasteiger partial charge in [0.15, 0.2) is 0 Å². The van der Waals surface area contributed by atoms with E-state index in [0.29, 0.717) is 25.9 Å². The van der Waals surface area contributed by atoms with Crippen LogP contribution >= 0.6 is 0 Å². The van der Waals surface area contributed by atoms with Crippen LogP contribution in [0, 0.1) is 0 Å². The van der Waals surface area contributed by atoms with Crippen molar-refractivity contribution in [2.24, 2.45) is 0 Å². The fraction of sp³-hybridized carbons (Fsp3) is 0.421. The quantitative estimate of drug-likeness (QED) is 0.804. The maximum absolute atomic E-state index is 11.6. The summed E-state index contributed by atoms with van der Waals surface area (Å²) in [6.07, 6.45) is 4.61. The van der Waals surface area contributed by atoms with Crippen LogP contribution in [0.4, 0.5) is 5.82 Å². The number of benzene rings is 1. The second-order valence-electron chi connectivity index (χ2n) is 6.80. The van der Waals surface area contributed by atoms with Gasteiger partial charge >= 0.3 is 0 Å². The summed E-state index contributed by atoms with van der Waals surface area (Å²) < 4.78 is 30.6. The van der Waals surface area contributed by atoms with E-state index in [9.17, 15) is 8.42 Å². The predicted octanol–water partition coefficient (Wildman–Crippen LogP) is 2.62. The minimum absolute atomic E-state index is 0.0555. The average molecular weight is 375 g/mol. The molecule has 0 aliphatic carbocycles. The van der Waals surface area contributed by atoms with Gasteiger partial charge in [-0.05, 0) is 42.7 Å². The molecule has 1 fully saturated rings. The van der Waals surface area contributed by atoms with Crippen LogP contribution < -0.4 is 9.64 Å². The third kappa shape index (κ3) is 4.53. The van der Waals surface area contributed by atoms with Gasteiger partial charge in [0.1, 0.15) is 17.7 Å². The molecule has 3 rings (SSSR count). The van der Waals surface area contributed by atoms with Gasteiger partial charge < -0.3 is 9.64 Å². The van der Waals surface area contributed by atoms with Crippen LogP contribution in [0.3, 0.4) is 0 Å². The highest BCUT2D eigenvalue weighted by atomic mass is 32.2. The van der Waals surface area contributed by atoms with Crippen molar-refractivity contribution in [2.75, 3.05) is 38.3 Å². The normalized spacial score (nSPS) is 16.4. The van der Waals surface area contributed by atoms with Crippen molar-refractivity contribution in [3.8, 4) is 16.9 Å². The first-order chi connectivity index (χ1) is 12.3. The Hall–Kier alpha value is -2.12. The van der Waals surface area contributed by atoms with Gasteiger partial charge in [0.25, 0.3) is 0 Å². The standard InChI is InChI=1S/C19H25N3O3S/c1-21(2)19-9-6-16(14-20-19)15-4-7-17(8-5-15)25-18-10-12-22(13-11-18)26(3,23)24/h4-9,14,18H,10-13H2,1-3H3. The maximum Gasteiger partial charge on any atom is 0.211 e. The molecule has 0 N–H and O–H groups in total. The minimum Gasteiger partial charge on any atom is -0.490 e. The summed E-state index contributed by atoms with van der Waals surface area (Å²) in [5.41, 5.74) is 2.14. The number of aromatic nitrogens is 1. The molecule has 0 unspecified atom stereocenters. The zero-order valence-corrected chi connectivity index (χ0v) is 16.2. The van der Waals surface area contributed by atoms with Gasteiger partial charge in [0, 0.05) is 38.9 Å². The van der Waals surface area contributed by atoms with Gasteiger partial charge in [-0.25, -0.2) is 17.7 Å². The number of hydrogen-bond donors (Lipinski definition) is 0. The monoisotopic (exact) mass is 375 g/mol. The number of anilines is 1. The van der Waals surface area contributed by atoms with Gasteiger partial charge in [-0.2, -0.15) is 0 Å². The SMILES string of the molecule is CN(C)c1ccc(-c2ccc(OC3CCN(S(C)(=O)=O)CC3)cc2)cn1. The smallest absolute Gasteiger partial charge is 0.211 e. The van der Waals surface area contributed by atoms with Crippen molar-refractivity contribution in [3.63, 3.8) is 0 Å². The third-order valence-corrected chi connectivity index (χ3v) is 5.87. The molecule has 140 valence electrons. The van der Waals surface area contributed by atoms with Crippen molar-refractivity contribution < 1.29 is 13.2 Å². The van der Waals surface area contributed by atoms with Crippen LogP contribution in [-0.4, -0.2) is 57.3 Å². The first-order valence-corrected chi connectivity index (χ1v) is 10.5. The Morgan fingerprint density at radius 1 is 1.04 bits per heavy atom. The molecule has 1 saturated heterocycles. The Morgan fingerprint density at radius 3 is 2.15 bits per heavy atom. The zero-order chi connectivity index (χ0) is 18.7. The van der Waals surface area contributed by atoms with Crippen molar-refractivity contribution in [1.29, 1.82) is 0 Å². The van der Waals surface area contributed by atoms with E-state index in [2.05, 4.69) is 11.1 Å².